The fourth-order valence-corrected chi connectivity index (χ4v) is 2.45. The first-order valence-electron chi connectivity index (χ1n) is 6.37. The van der Waals surface area contributed by atoms with Crippen LogP contribution < -0.4 is 10.1 Å². The highest BCUT2D eigenvalue weighted by molar-refractivity contribution is 5.30. The number of morpholine rings is 1. The van der Waals surface area contributed by atoms with Crippen LogP contribution in [-0.4, -0.2) is 26.3 Å². The second-order valence-corrected chi connectivity index (χ2v) is 4.94. The van der Waals surface area contributed by atoms with Gasteiger partial charge in [-0.25, -0.2) is 0 Å². The number of methoxy groups -OCH3 is 1. The van der Waals surface area contributed by atoms with Crippen molar-refractivity contribution in [3.05, 3.63) is 29.8 Å². The second kappa shape index (κ2) is 4.67. The molecule has 1 aromatic rings. The smallest absolute Gasteiger partial charge is 0.119 e. The third-order valence-corrected chi connectivity index (χ3v) is 3.63. The molecule has 17 heavy (non-hydrogen) atoms. The lowest BCUT2D eigenvalue weighted by atomic mass is 10.1. The summed E-state index contributed by atoms with van der Waals surface area (Å²) in [5, 5.41) is 3.48. The van der Waals surface area contributed by atoms with Crippen molar-refractivity contribution in [2.45, 2.75) is 25.0 Å². The summed E-state index contributed by atoms with van der Waals surface area (Å²) >= 11 is 0. The van der Waals surface area contributed by atoms with Crippen molar-refractivity contribution in [2.75, 3.05) is 20.2 Å². The molecule has 1 aliphatic heterocycles. The quantitative estimate of drug-likeness (QED) is 0.867. The van der Waals surface area contributed by atoms with Gasteiger partial charge in [-0.05, 0) is 36.5 Å². The maximum Gasteiger partial charge on any atom is 0.119 e. The van der Waals surface area contributed by atoms with E-state index in [1.165, 1.54) is 18.4 Å². The third kappa shape index (κ3) is 2.45. The van der Waals surface area contributed by atoms with E-state index >= 15 is 0 Å². The Morgan fingerprint density at radius 3 is 2.94 bits per heavy atom. The van der Waals surface area contributed by atoms with E-state index in [1.807, 2.05) is 12.1 Å². The summed E-state index contributed by atoms with van der Waals surface area (Å²) in [6.45, 7) is 1.90. The molecule has 0 radical (unpaired) electrons. The van der Waals surface area contributed by atoms with Crippen molar-refractivity contribution in [3.63, 3.8) is 0 Å². The number of nitrogens with one attached hydrogen (secondary N) is 1. The topological polar surface area (TPSA) is 30.5 Å². The van der Waals surface area contributed by atoms with Crippen LogP contribution in [0.15, 0.2) is 24.3 Å². The van der Waals surface area contributed by atoms with E-state index in [2.05, 4.69) is 17.4 Å². The maximum absolute atomic E-state index is 6.18. The van der Waals surface area contributed by atoms with Crippen molar-refractivity contribution in [3.8, 4) is 5.75 Å². The minimum Gasteiger partial charge on any atom is -0.497 e. The molecule has 2 unspecified atom stereocenters. The number of hydrogen-bond donors (Lipinski definition) is 1. The summed E-state index contributed by atoms with van der Waals surface area (Å²) in [5.41, 5.74) is 1.21. The molecule has 0 spiro atoms. The number of rotatable bonds is 3. The van der Waals surface area contributed by atoms with E-state index < -0.39 is 0 Å². The van der Waals surface area contributed by atoms with Crippen LogP contribution in [0.5, 0.6) is 5.75 Å². The largest absolute Gasteiger partial charge is 0.497 e. The Labute approximate surface area is 102 Å². The lowest BCUT2D eigenvalue weighted by Crippen LogP contribution is -2.41. The van der Waals surface area contributed by atoms with Gasteiger partial charge in [0.1, 0.15) is 5.75 Å². The van der Waals surface area contributed by atoms with Crippen molar-refractivity contribution in [1.82, 2.24) is 5.32 Å². The Balaban J connectivity index is 1.73. The van der Waals surface area contributed by atoms with Gasteiger partial charge < -0.3 is 14.8 Å². The fraction of sp³-hybridized carbons (Fsp3) is 0.571. The van der Waals surface area contributed by atoms with Crippen LogP contribution in [0.3, 0.4) is 0 Å². The van der Waals surface area contributed by atoms with Gasteiger partial charge >= 0.3 is 0 Å². The second-order valence-electron chi connectivity index (χ2n) is 4.94. The molecule has 1 saturated heterocycles. The van der Waals surface area contributed by atoms with Crippen LogP contribution in [0.25, 0.3) is 0 Å². The molecular weight excluding hydrogens is 214 g/mol. The Morgan fingerprint density at radius 2 is 2.18 bits per heavy atom. The number of ether oxygens (including phenoxy) is 2. The normalized spacial score (nSPS) is 29.0. The van der Waals surface area contributed by atoms with Gasteiger partial charge in [-0.2, -0.15) is 0 Å². The lowest BCUT2D eigenvalue weighted by molar-refractivity contribution is -0.0494. The van der Waals surface area contributed by atoms with E-state index in [4.69, 9.17) is 9.47 Å². The van der Waals surface area contributed by atoms with E-state index in [0.717, 1.165) is 24.8 Å². The molecule has 92 valence electrons. The Hall–Kier alpha value is -1.06. The first kappa shape index (κ1) is 11.1. The van der Waals surface area contributed by atoms with Crippen molar-refractivity contribution in [2.24, 2.45) is 5.92 Å². The van der Waals surface area contributed by atoms with E-state index in [1.54, 1.807) is 7.11 Å². The fourth-order valence-electron chi connectivity index (χ4n) is 2.45. The molecule has 0 amide bonds. The summed E-state index contributed by atoms with van der Waals surface area (Å²) < 4.78 is 11.4. The van der Waals surface area contributed by atoms with Gasteiger partial charge in [0, 0.05) is 13.1 Å². The highest BCUT2D eigenvalue weighted by Crippen LogP contribution is 2.37. The molecule has 0 aromatic heterocycles. The summed E-state index contributed by atoms with van der Waals surface area (Å²) in [4.78, 5) is 0. The molecule has 2 atom stereocenters. The summed E-state index contributed by atoms with van der Waals surface area (Å²) in [7, 11) is 1.70. The zero-order valence-electron chi connectivity index (χ0n) is 10.2. The van der Waals surface area contributed by atoms with Gasteiger partial charge in [0.25, 0.3) is 0 Å². The predicted molar refractivity (Wildman–Crippen MR) is 66.2 cm³/mol. The van der Waals surface area contributed by atoms with Crippen LogP contribution in [-0.2, 0) is 4.74 Å². The Morgan fingerprint density at radius 1 is 1.29 bits per heavy atom. The summed E-state index contributed by atoms with van der Waals surface area (Å²) in [6, 6.07) is 8.18. The molecule has 0 bridgehead atoms. The van der Waals surface area contributed by atoms with Gasteiger partial charge in [0.15, 0.2) is 0 Å². The lowest BCUT2D eigenvalue weighted by Gasteiger charge is -2.31. The van der Waals surface area contributed by atoms with E-state index in [-0.39, 0.29) is 6.10 Å². The maximum atomic E-state index is 6.18. The van der Waals surface area contributed by atoms with E-state index in [0.29, 0.717) is 6.10 Å². The van der Waals surface area contributed by atoms with Crippen LogP contribution in [0, 0.1) is 5.92 Å². The van der Waals surface area contributed by atoms with Crippen molar-refractivity contribution >= 4 is 0 Å². The molecule has 3 heteroatoms. The van der Waals surface area contributed by atoms with Gasteiger partial charge in [-0.15, -0.1) is 0 Å². The van der Waals surface area contributed by atoms with Crippen LogP contribution >= 0.6 is 0 Å². The highest BCUT2D eigenvalue weighted by atomic mass is 16.5. The average molecular weight is 233 g/mol. The van der Waals surface area contributed by atoms with Gasteiger partial charge in [0.2, 0.25) is 0 Å². The van der Waals surface area contributed by atoms with Crippen molar-refractivity contribution in [1.29, 1.82) is 0 Å². The molecule has 1 saturated carbocycles. The average Bonchev–Trinajstić information content (AvgIpc) is 3.23. The molecule has 3 rings (SSSR count). The van der Waals surface area contributed by atoms with Crippen LogP contribution in [0.2, 0.25) is 0 Å². The summed E-state index contributed by atoms with van der Waals surface area (Å²) in [6.07, 6.45) is 3.23. The standard InChI is InChI=1S/C14H19NO2/c1-16-12-4-2-3-11(7-12)14-9-15-8-13(17-14)10-5-6-10/h2-4,7,10,13-15H,5-6,8-9H2,1H3. The first-order chi connectivity index (χ1) is 8.36. The molecule has 2 aliphatic rings. The summed E-state index contributed by atoms with van der Waals surface area (Å²) in [5.74, 6) is 1.69. The molecule has 3 nitrogen and oxygen atoms in total. The van der Waals surface area contributed by atoms with Gasteiger partial charge in [0.05, 0.1) is 19.3 Å². The van der Waals surface area contributed by atoms with Gasteiger partial charge in [-0.1, -0.05) is 12.1 Å². The Kier molecular flexibility index (Phi) is 3.04. The van der Waals surface area contributed by atoms with Crippen LogP contribution in [0.4, 0.5) is 0 Å². The monoisotopic (exact) mass is 233 g/mol. The Bertz CT molecular complexity index is 390. The zero-order chi connectivity index (χ0) is 11.7. The third-order valence-electron chi connectivity index (χ3n) is 3.63. The minimum absolute atomic E-state index is 0.171. The van der Waals surface area contributed by atoms with Crippen LogP contribution in [0.1, 0.15) is 24.5 Å². The molecule has 1 aliphatic carbocycles. The molecular formula is C14H19NO2. The van der Waals surface area contributed by atoms with E-state index in [9.17, 15) is 0 Å². The predicted octanol–water partition coefficient (Wildman–Crippen LogP) is 2.13. The molecule has 1 N–H and O–H groups in total. The minimum atomic E-state index is 0.171. The van der Waals surface area contributed by atoms with Crippen molar-refractivity contribution < 1.29 is 9.47 Å². The zero-order valence-corrected chi connectivity index (χ0v) is 10.2. The van der Waals surface area contributed by atoms with Gasteiger partial charge in [-0.3, -0.25) is 0 Å². The SMILES string of the molecule is COc1cccc(C2CNCC(C3CC3)O2)c1. The number of benzene rings is 1. The molecule has 2 fully saturated rings. The molecule has 1 heterocycles. The molecule has 1 aromatic carbocycles. The number of hydrogen-bond acceptors (Lipinski definition) is 3. The highest BCUT2D eigenvalue weighted by Gasteiger charge is 2.35. The first-order valence-corrected chi connectivity index (χ1v) is 6.37.